The molecule has 0 bridgehead atoms. The lowest BCUT2D eigenvalue weighted by molar-refractivity contribution is 0.0371. The van der Waals surface area contributed by atoms with Crippen LogP contribution in [0.3, 0.4) is 0 Å². The monoisotopic (exact) mass is 249 g/mol. The molecule has 1 aliphatic heterocycles. The molecular formula is C10H20BrNO. The zero-order valence-electron chi connectivity index (χ0n) is 8.30. The van der Waals surface area contributed by atoms with E-state index in [0.29, 0.717) is 0 Å². The molecule has 0 saturated carbocycles. The molecule has 0 aromatic heterocycles. The molecule has 2 nitrogen and oxygen atoms in total. The molecule has 0 amide bonds. The quantitative estimate of drug-likeness (QED) is 0.529. The van der Waals surface area contributed by atoms with Gasteiger partial charge in [-0.25, -0.2) is 0 Å². The zero-order chi connectivity index (χ0) is 9.36. The van der Waals surface area contributed by atoms with Gasteiger partial charge in [-0.3, -0.25) is 4.90 Å². The van der Waals surface area contributed by atoms with E-state index in [0.717, 1.165) is 31.6 Å². The number of morpholine rings is 1. The molecule has 1 fully saturated rings. The minimum Gasteiger partial charge on any atom is -0.379 e. The molecule has 13 heavy (non-hydrogen) atoms. The number of halogens is 1. The summed E-state index contributed by atoms with van der Waals surface area (Å²) in [5.74, 6) is 0. The smallest absolute Gasteiger partial charge is 0.0594 e. The van der Waals surface area contributed by atoms with Crippen molar-refractivity contribution in [2.75, 3.05) is 38.2 Å². The van der Waals surface area contributed by atoms with Gasteiger partial charge in [0.25, 0.3) is 0 Å². The van der Waals surface area contributed by atoms with Gasteiger partial charge in [-0.2, -0.15) is 0 Å². The van der Waals surface area contributed by atoms with E-state index < -0.39 is 0 Å². The third kappa shape index (κ3) is 5.66. The van der Waals surface area contributed by atoms with Gasteiger partial charge in [-0.05, 0) is 19.4 Å². The maximum Gasteiger partial charge on any atom is 0.0594 e. The van der Waals surface area contributed by atoms with Crippen LogP contribution in [-0.2, 0) is 4.74 Å². The van der Waals surface area contributed by atoms with Gasteiger partial charge in [0.2, 0.25) is 0 Å². The van der Waals surface area contributed by atoms with E-state index in [1.165, 1.54) is 32.2 Å². The first-order valence-corrected chi connectivity index (χ1v) is 6.41. The highest BCUT2D eigenvalue weighted by atomic mass is 79.9. The Hall–Kier alpha value is 0.400. The molecule has 0 atom stereocenters. The van der Waals surface area contributed by atoms with Crippen molar-refractivity contribution in [2.45, 2.75) is 25.7 Å². The first kappa shape index (κ1) is 11.5. The summed E-state index contributed by atoms with van der Waals surface area (Å²) in [5, 5.41) is 1.16. The van der Waals surface area contributed by atoms with Crippen LogP contribution in [0, 0.1) is 0 Å². The molecular weight excluding hydrogens is 230 g/mol. The summed E-state index contributed by atoms with van der Waals surface area (Å²) in [6.07, 6.45) is 5.43. The summed E-state index contributed by atoms with van der Waals surface area (Å²) >= 11 is 3.45. The minimum absolute atomic E-state index is 0.932. The summed E-state index contributed by atoms with van der Waals surface area (Å²) < 4.78 is 5.30. The van der Waals surface area contributed by atoms with Gasteiger partial charge in [0.15, 0.2) is 0 Å². The van der Waals surface area contributed by atoms with Crippen LogP contribution >= 0.6 is 15.9 Å². The van der Waals surface area contributed by atoms with Crippen molar-refractivity contribution in [1.29, 1.82) is 0 Å². The van der Waals surface area contributed by atoms with E-state index >= 15 is 0 Å². The Balaban J connectivity index is 1.86. The summed E-state index contributed by atoms with van der Waals surface area (Å²) in [4.78, 5) is 2.51. The van der Waals surface area contributed by atoms with Crippen molar-refractivity contribution in [1.82, 2.24) is 4.90 Å². The van der Waals surface area contributed by atoms with Gasteiger partial charge in [0.05, 0.1) is 13.2 Å². The Kier molecular flexibility index (Phi) is 6.86. The van der Waals surface area contributed by atoms with Crippen molar-refractivity contribution < 1.29 is 4.74 Å². The van der Waals surface area contributed by atoms with Gasteiger partial charge >= 0.3 is 0 Å². The molecule has 1 saturated heterocycles. The van der Waals surface area contributed by atoms with Crippen LogP contribution < -0.4 is 0 Å². The molecule has 0 radical (unpaired) electrons. The lowest BCUT2D eigenvalue weighted by Crippen LogP contribution is -2.36. The van der Waals surface area contributed by atoms with E-state index in [4.69, 9.17) is 4.74 Å². The van der Waals surface area contributed by atoms with Gasteiger partial charge in [-0.15, -0.1) is 0 Å². The van der Waals surface area contributed by atoms with E-state index in [-0.39, 0.29) is 0 Å². The Bertz CT molecular complexity index is 115. The van der Waals surface area contributed by atoms with Gasteiger partial charge in [0.1, 0.15) is 0 Å². The molecule has 0 N–H and O–H groups in total. The Morgan fingerprint density at radius 3 is 2.38 bits per heavy atom. The SMILES string of the molecule is BrCCCCCCN1CCOCC1. The van der Waals surface area contributed by atoms with Crippen LogP contribution in [0.4, 0.5) is 0 Å². The van der Waals surface area contributed by atoms with Crippen LogP contribution in [0.15, 0.2) is 0 Å². The summed E-state index contributed by atoms with van der Waals surface area (Å²) in [5.41, 5.74) is 0. The lowest BCUT2D eigenvalue weighted by Gasteiger charge is -2.26. The molecule has 1 heterocycles. The fourth-order valence-electron chi connectivity index (χ4n) is 1.61. The predicted molar refractivity (Wildman–Crippen MR) is 59.5 cm³/mol. The van der Waals surface area contributed by atoms with E-state index in [1.54, 1.807) is 0 Å². The maximum atomic E-state index is 5.30. The van der Waals surface area contributed by atoms with Gasteiger partial charge < -0.3 is 4.74 Å². The molecule has 1 aliphatic rings. The fraction of sp³-hybridized carbons (Fsp3) is 1.00. The molecule has 78 valence electrons. The van der Waals surface area contributed by atoms with E-state index in [1.807, 2.05) is 0 Å². The van der Waals surface area contributed by atoms with Crippen LogP contribution in [0.5, 0.6) is 0 Å². The predicted octanol–water partition coefficient (Wildman–Crippen LogP) is 2.27. The molecule has 1 rings (SSSR count). The number of rotatable bonds is 6. The standard InChI is InChI=1S/C10H20BrNO/c11-5-3-1-2-4-6-12-7-9-13-10-8-12/h1-10H2. The van der Waals surface area contributed by atoms with Crippen molar-refractivity contribution in [3.05, 3.63) is 0 Å². The number of alkyl halides is 1. The van der Waals surface area contributed by atoms with Crippen molar-refractivity contribution in [3.63, 3.8) is 0 Å². The topological polar surface area (TPSA) is 12.5 Å². The maximum absolute atomic E-state index is 5.30. The van der Waals surface area contributed by atoms with Crippen LogP contribution in [0.2, 0.25) is 0 Å². The number of hydrogen-bond donors (Lipinski definition) is 0. The first-order chi connectivity index (χ1) is 6.43. The number of ether oxygens (including phenoxy) is 1. The average molecular weight is 250 g/mol. The van der Waals surface area contributed by atoms with Crippen LogP contribution in [0.25, 0.3) is 0 Å². The van der Waals surface area contributed by atoms with E-state index in [9.17, 15) is 0 Å². The summed E-state index contributed by atoms with van der Waals surface area (Å²) in [6.45, 7) is 5.41. The van der Waals surface area contributed by atoms with Crippen LogP contribution in [0.1, 0.15) is 25.7 Å². The summed E-state index contributed by atoms with van der Waals surface area (Å²) in [6, 6.07) is 0. The second-order valence-electron chi connectivity index (χ2n) is 3.56. The fourth-order valence-corrected chi connectivity index (χ4v) is 2.00. The normalized spacial score (nSPS) is 19.2. The third-order valence-electron chi connectivity index (χ3n) is 2.46. The van der Waals surface area contributed by atoms with Gasteiger partial charge in [-0.1, -0.05) is 28.8 Å². The first-order valence-electron chi connectivity index (χ1n) is 5.29. The average Bonchev–Trinajstić information content (AvgIpc) is 2.19. The molecule has 3 heteroatoms. The highest BCUT2D eigenvalue weighted by Gasteiger charge is 2.08. The lowest BCUT2D eigenvalue weighted by atomic mass is 10.2. The number of unbranched alkanes of at least 4 members (excludes halogenated alkanes) is 3. The Morgan fingerprint density at radius 2 is 1.69 bits per heavy atom. The molecule has 0 aliphatic carbocycles. The van der Waals surface area contributed by atoms with Crippen molar-refractivity contribution in [3.8, 4) is 0 Å². The second-order valence-corrected chi connectivity index (χ2v) is 4.35. The highest BCUT2D eigenvalue weighted by molar-refractivity contribution is 9.09. The Labute approximate surface area is 89.8 Å². The Morgan fingerprint density at radius 1 is 1.00 bits per heavy atom. The number of hydrogen-bond acceptors (Lipinski definition) is 2. The van der Waals surface area contributed by atoms with Crippen molar-refractivity contribution >= 4 is 15.9 Å². The molecule has 0 unspecified atom stereocenters. The molecule has 0 aromatic carbocycles. The highest BCUT2D eigenvalue weighted by Crippen LogP contribution is 2.04. The molecule has 0 spiro atoms. The van der Waals surface area contributed by atoms with Crippen molar-refractivity contribution in [2.24, 2.45) is 0 Å². The number of nitrogens with zero attached hydrogens (tertiary/aromatic N) is 1. The zero-order valence-corrected chi connectivity index (χ0v) is 9.89. The minimum atomic E-state index is 0.932. The second kappa shape index (κ2) is 7.77. The van der Waals surface area contributed by atoms with Crippen LogP contribution in [-0.4, -0.2) is 43.1 Å². The van der Waals surface area contributed by atoms with Gasteiger partial charge in [0, 0.05) is 18.4 Å². The molecule has 0 aromatic rings. The third-order valence-corrected chi connectivity index (χ3v) is 3.02. The largest absolute Gasteiger partial charge is 0.379 e. The van der Waals surface area contributed by atoms with E-state index in [2.05, 4.69) is 20.8 Å². The summed E-state index contributed by atoms with van der Waals surface area (Å²) in [7, 11) is 0.